The van der Waals surface area contributed by atoms with Gasteiger partial charge in [-0.3, -0.25) is 0 Å². The van der Waals surface area contributed by atoms with Crippen molar-refractivity contribution in [2.24, 2.45) is 0 Å². The number of H-pyrrole nitrogens is 1. The van der Waals surface area contributed by atoms with Gasteiger partial charge in [0.25, 0.3) is 0 Å². The SMILES string of the molecule is CCCc1ccc(-c2nc[nH]c2Br)cc1. The topological polar surface area (TPSA) is 28.7 Å². The first-order valence-electron chi connectivity index (χ1n) is 5.09. The number of halogens is 1. The van der Waals surface area contributed by atoms with E-state index in [1.165, 1.54) is 12.0 Å². The lowest BCUT2D eigenvalue weighted by atomic mass is 10.1. The lowest BCUT2D eigenvalue weighted by molar-refractivity contribution is 0.922. The van der Waals surface area contributed by atoms with Crippen molar-refractivity contribution in [1.29, 1.82) is 0 Å². The molecule has 0 radical (unpaired) electrons. The number of benzene rings is 1. The molecule has 1 heterocycles. The van der Waals surface area contributed by atoms with Crippen molar-refractivity contribution >= 4 is 15.9 Å². The standard InChI is InChI=1S/C12H13BrN2/c1-2-3-9-4-6-10(7-5-9)11-12(13)15-8-14-11/h4-8H,2-3H2,1H3,(H,14,15). The number of nitrogens with one attached hydrogen (secondary N) is 1. The quantitative estimate of drug-likeness (QED) is 0.898. The summed E-state index contributed by atoms with van der Waals surface area (Å²) < 4.78 is 0.936. The maximum absolute atomic E-state index is 4.26. The fourth-order valence-electron chi connectivity index (χ4n) is 1.60. The van der Waals surface area contributed by atoms with Crippen molar-refractivity contribution in [3.05, 3.63) is 40.8 Å². The summed E-state index contributed by atoms with van der Waals surface area (Å²) in [6.45, 7) is 2.19. The molecule has 15 heavy (non-hydrogen) atoms. The molecule has 1 aromatic heterocycles. The molecule has 0 aliphatic rings. The van der Waals surface area contributed by atoms with Crippen molar-refractivity contribution in [2.75, 3.05) is 0 Å². The monoisotopic (exact) mass is 264 g/mol. The number of aromatic amines is 1. The summed E-state index contributed by atoms with van der Waals surface area (Å²) in [4.78, 5) is 7.27. The Labute approximate surface area is 97.9 Å². The van der Waals surface area contributed by atoms with E-state index in [-0.39, 0.29) is 0 Å². The molecule has 0 aliphatic heterocycles. The fourth-order valence-corrected chi connectivity index (χ4v) is 2.03. The minimum absolute atomic E-state index is 0.936. The second kappa shape index (κ2) is 4.62. The van der Waals surface area contributed by atoms with Crippen molar-refractivity contribution < 1.29 is 0 Å². The molecule has 3 heteroatoms. The largest absolute Gasteiger partial charge is 0.339 e. The van der Waals surface area contributed by atoms with Gasteiger partial charge in [0.2, 0.25) is 0 Å². The van der Waals surface area contributed by atoms with E-state index in [9.17, 15) is 0 Å². The zero-order valence-electron chi connectivity index (χ0n) is 8.63. The van der Waals surface area contributed by atoms with Crippen molar-refractivity contribution in [3.8, 4) is 11.3 Å². The molecule has 2 rings (SSSR count). The molecule has 2 nitrogen and oxygen atoms in total. The van der Waals surface area contributed by atoms with Crippen LogP contribution in [0.2, 0.25) is 0 Å². The van der Waals surface area contributed by atoms with Crippen LogP contribution in [-0.4, -0.2) is 9.97 Å². The highest BCUT2D eigenvalue weighted by atomic mass is 79.9. The molecule has 0 spiro atoms. The summed E-state index contributed by atoms with van der Waals surface area (Å²) in [5.74, 6) is 0. The van der Waals surface area contributed by atoms with Gasteiger partial charge >= 0.3 is 0 Å². The van der Waals surface area contributed by atoms with Gasteiger partial charge in [-0.1, -0.05) is 37.6 Å². The van der Waals surface area contributed by atoms with E-state index in [1.54, 1.807) is 6.33 Å². The fraction of sp³-hybridized carbons (Fsp3) is 0.250. The molecule has 1 aromatic carbocycles. The summed E-state index contributed by atoms with van der Waals surface area (Å²) in [6.07, 6.45) is 4.02. The maximum atomic E-state index is 4.26. The number of nitrogens with zero attached hydrogens (tertiary/aromatic N) is 1. The van der Waals surface area contributed by atoms with Crippen LogP contribution in [0.5, 0.6) is 0 Å². The molecule has 1 N–H and O–H groups in total. The zero-order valence-corrected chi connectivity index (χ0v) is 10.2. The van der Waals surface area contributed by atoms with Crippen LogP contribution >= 0.6 is 15.9 Å². The first-order valence-corrected chi connectivity index (χ1v) is 5.88. The molecule has 0 atom stereocenters. The molecule has 0 bridgehead atoms. The number of imidazole rings is 1. The van der Waals surface area contributed by atoms with E-state index in [1.807, 2.05) is 0 Å². The Morgan fingerprint density at radius 2 is 2.00 bits per heavy atom. The van der Waals surface area contributed by atoms with Gasteiger partial charge in [-0.2, -0.15) is 0 Å². The third-order valence-corrected chi connectivity index (χ3v) is 2.96. The maximum Gasteiger partial charge on any atom is 0.110 e. The highest BCUT2D eigenvalue weighted by Crippen LogP contribution is 2.24. The Hall–Kier alpha value is -1.09. The minimum Gasteiger partial charge on any atom is -0.339 e. The van der Waals surface area contributed by atoms with Crippen LogP contribution in [-0.2, 0) is 6.42 Å². The van der Waals surface area contributed by atoms with Gasteiger partial charge in [0, 0.05) is 5.56 Å². The Balaban J connectivity index is 2.28. The van der Waals surface area contributed by atoms with Gasteiger partial charge < -0.3 is 4.98 Å². The number of hydrogen-bond acceptors (Lipinski definition) is 1. The average Bonchev–Trinajstić information content (AvgIpc) is 2.66. The normalized spacial score (nSPS) is 10.5. The van der Waals surface area contributed by atoms with Gasteiger partial charge in [-0.05, 0) is 27.9 Å². The van der Waals surface area contributed by atoms with Crippen molar-refractivity contribution in [2.45, 2.75) is 19.8 Å². The Morgan fingerprint density at radius 1 is 1.27 bits per heavy atom. The van der Waals surface area contributed by atoms with E-state index in [4.69, 9.17) is 0 Å². The zero-order chi connectivity index (χ0) is 10.7. The Morgan fingerprint density at radius 3 is 2.53 bits per heavy atom. The van der Waals surface area contributed by atoms with E-state index in [2.05, 4.69) is 57.1 Å². The molecule has 2 aromatic rings. The Bertz CT molecular complexity index is 431. The molecular weight excluding hydrogens is 252 g/mol. The third kappa shape index (κ3) is 2.29. The predicted octanol–water partition coefficient (Wildman–Crippen LogP) is 3.79. The first kappa shape index (κ1) is 10.4. The van der Waals surface area contributed by atoms with Gasteiger partial charge in [-0.25, -0.2) is 4.98 Å². The highest BCUT2D eigenvalue weighted by Gasteiger charge is 2.04. The van der Waals surface area contributed by atoms with Gasteiger partial charge in [-0.15, -0.1) is 0 Å². The predicted molar refractivity (Wildman–Crippen MR) is 65.7 cm³/mol. The van der Waals surface area contributed by atoms with Crippen LogP contribution in [0.4, 0.5) is 0 Å². The van der Waals surface area contributed by atoms with E-state index in [0.29, 0.717) is 0 Å². The summed E-state index contributed by atoms with van der Waals surface area (Å²) >= 11 is 3.43. The highest BCUT2D eigenvalue weighted by molar-refractivity contribution is 9.10. The van der Waals surface area contributed by atoms with Crippen LogP contribution in [0.25, 0.3) is 11.3 Å². The van der Waals surface area contributed by atoms with Gasteiger partial charge in [0.05, 0.1) is 6.33 Å². The lowest BCUT2D eigenvalue weighted by Gasteiger charge is -2.01. The molecular formula is C12H13BrN2. The van der Waals surface area contributed by atoms with Crippen LogP contribution in [0.1, 0.15) is 18.9 Å². The molecule has 0 saturated carbocycles. The van der Waals surface area contributed by atoms with E-state index < -0.39 is 0 Å². The Kier molecular flexibility index (Phi) is 3.21. The van der Waals surface area contributed by atoms with E-state index >= 15 is 0 Å². The minimum atomic E-state index is 0.936. The smallest absolute Gasteiger partial charge is 0.110 e. The van der Waals surface area contributed by atoms with Crippen LogP contribution in [0, 0.1) is 0 Å². The van der Waals surface area contributed by atoms with Gasteiger partial charge in [0.1, 0.15) is 10.3 Å². The second-order valence-electron chi connectivity index (χ2n) is 3.51. The van der Waals surface area contributed by atoms with Crippen molar-refractivity contribution in [3.63, 3.8) is 0 Å². The summed E-state index contributed by atoms with van der Waals surface area (Å²) in [5.41, 5.74) is 3.49. The van der Waals surface area contributed by atoms with Crippen molar-refractivity contribution in [1.82, 2.24) is 9.97 Å². The molecule has 0 unspecified atom stereocenters. The van der Waals surface area contributed by atoms with Crippen LogP contribution in [0.15, 0.2) is 35.2 Å². The number of hydrogen-bond donors (Lipinski definition) is 1. The molecule has 0 amide bonds. The second-order valence-corrected chi connectivity index (χ2v) is 4.31. The molecule has 0 aliphatic carbocycles. The number of aryl methyl sites for hydroxylation is 1. The lowest BCUT2D eigenvalue weighted by Crippen LogP contribution is -1.84. The van der Waals surface area contributed by atoms with Crippen LogP contribution in [0.3, 0.4) is 0 Å². The van der Waals surface area contributed by atoms with Crippen LogP contribution < -0.4 is 0 Å². The molecule has 0 saturated heterocycles. The summed E-state index contributed by atoms with van der Waals surface area (Å²) in [5, 5.41) is 0. The number of aromatic nitrogens is 2. The molecule has 78 valence electrons. The molecule has 0 fully saturated rings. The first-order chi connectivity index (χ1) is 7.31. The summed E-state index contributed by atoms with van der Waals surface area (Å²) in [7, 11) is 0. The van der Waals surface area contributed by atoms with E-state index in [0.717, 1.165) is 22.3 Å². The summed E-state index contributed by atoms with van der Waals surface area (Å²) in [6, 6.07) is 8.57. The van der Waals surface area contributed by atoms with Gasteiger partial charge in [0.15, 0.2) is 0 Å². The third-order valence-electron chi connectivity index (χ3n) is 2.36. The number of rotatable bonds is 3. The average molecular weight is 265 g/mol.